The van der Waals surface area contributed by atoms with Crippen LogP contribution in [-0.4, -0.2) is 29.5 Å². The molecule has 0 radical (unpaired) electrons. The molecule has 0 bridgehead atoms. The van der Waals surface area contributed by atoms with E-state index in [1.165, 1.54) is 12.1 Å². The summed E-state index contributed by atoms with van der Waals surface area (Å²) in [7, 11) is 0. The van der Waals surface area contributed by atoms with Crippen LogP contribution in [0.25, 0.3) is 0 Å². The molecule has 176 valence electrons. The number of halogens is 6. The molecule has 0 fully saturated rings. The Labute approximate surface area is 209 Å². The van der Waals surface area contributed by atoms with Crippen LogP contribution in [0, 0.1) is 0 Å². The van der Waals surface area contributed by atoms with Crippen LogP contribution in [0.15, 0.2) is 49.8 Å². The summed E-state index contributed by atoms with van der Waals surface area (Å²) in [6.07, 6.45) is -5.50. The maximum atomic E-state index is 13.8. The van der Waals surface area contributed by atoms with Gasteiger partial charge in [-0.15, -0.1) is 0 Å². The second-order valence-corrected chi connectivity index (χ2v) is 10.7. The summed E-state index contributed by atoms with van der Waals surface area (Å²) in [6, 6.07) is 8.80. The lowest BCUT2D eigenvalue weighted by atomic mass is 9.93. The van der Waals surface area contributed by atoms with Crippen LogP contribution in [-0.2, 0) is 16.9 Å². The monoisotopic (exact) mass is 644 g/mol. The molecule has 3 N–H and O–H groups in total. The molecular weight excluding hydrogens is 625 g/mol. The molecular formula is C21H22Br3F3N2O3. The fourth-order valence-electron chi connectivity index (χ4n) is 2.67. The first-order valence-corrected chi connectivity index (χ1v) is 11.7. The Morgan fingerprint density at radius 3 is 2.12 bits per heavy atom. The number of ether oxygens (including phenoxy) is 1. The van der Waals surface area contributed by atoms with E-state index in [0.29, 0.717) is 24.7 Å². The number of carbonyl (C=O) groups excluding carboxylic acids is 1. The molecule has 5 nitrogen and oxygen atoms in total. The van der Waals surface area contributed by atoms with Crippen molar-refractivity contribution in [1.82, 2.24) is 5.32 Å². The topological polar surface area (TPSA) is 70.6 Å². The summed E-state index contributed by atoms with van der Waals surface area (Å²) in [5, 5.41) is 15.9. The molecule has 0 aliphatic heterocycles. The molecule has 0 aliphatic carbocycles. The van der Waals surface area contributed by atoms with E-state index >= 15 is 0 Å². The van der Waals surface area contributed by atoms with Gasteiger partial charge in [0.1, 0.15) is 5.60 Å². The SMILES string of the molecule is CC(C)(C)OC(=O)NCc1ccc(NC[C@@](O)(c2cc(Br)cc(Br)c2)C(F)(F)F)cc1Br. The Morgan fingerprint density at radius 1 is 1.03 bits per heavy atom. The van der Waals surface area contributed by atoms with Gasteiger partial charge in [-0.25, -0.2) is 4.79 Å². The smallest absolute Gasteiger partial charge is 0.423 e. The van der Waals surface area contributed by atoms with Crippen molar-refractivity contribution in [3.63, 3.8) is 0 Å². The quantitative estimate of drug-likeness (QED) is 0.321. The van der Waals surface area contributed by atoms with E-state index in [2.05, 4.69) is 58.4 Å². The third-order valence-corrected chi connectivity index (χ3v) is 5.89. The predicted octanol–water partition coefficient (Wildman–Crippen LogP) is 6.86. The first-order valence-electron chi connectivity index (χ1n) is 9.35. The first kappa shape index (κ1) is 26.9. The number of hydrogen-bond acceptors (Lipinski definition) is 4. The van der Waals surface area contributed by atoms with Gasteiger partial charge < -0.3 is 20.5 Å². The summed E-state index contributed by atoms with van der Waals surface area (Å²) in [5.41, 5.74) is -3.01. The lowest BCUT2D eigenvalue weighted by Gasteiger charge is -2.32. The highest BCUT2D eigenvalue weighted by Crippen LogP contribution is 2.41. The zero-order valence-electron chi connectivity index (χ0n) is 17.4. The lowest BCUT2D eigenvalue weighted by Crippen LogP contribution is -2.47. The molecule has 11 heteroatoms. The van der Waals surface area contributed by atoms with E-state index in [0.717, 1.165) is 0 Å². The zero-order chi connectivity index (χ0) is 24.3. The Hall–Kier alpha value is -1.30. The summed E-state index contributed by atoms with van der Waals surface area (Å²) < 4.78 is 48.0. The van der Waals surface area contributed by atoms with Gasteiger partial charge in [0.2, 0.25) is 5.60 Å². The molecule has 1 atom stereocenters. The molecule has 0 aromatic heterocycles. The number of carbonyl (C=O) groups is 1. The highest BCUT2D eigenvalue weighted by molar-refractivity contribution is 9.11. The number of anilines is 1. The molecule has 2 aromatic rings. The van der Waals surface area contributed by atoms with Gasteiger partial charge >= 0.3 is 12.3 Å². The Bertz CT molecular complexity index is 961. The highest BCUT2D eigenvalue weighted by Gasteiger charge is 2.55. The molecule has 1 amide bonds. The molecule has 2 rings (SSSR count). The number of hydrogen-bond donors (Lipinski definition) is 3. The van der Waals surface area contributed by atoms with Gasteiger partial charge in [0.05, 0.1) is 6.54 Å². The third-order valence-electron chi connectivity index (χ3n) is 4.23. The number of rotatable bonds is 6. The molecule has 0 heterocycles. The number of alkyl carbamates (subject to hydrolysis) is 1. The number of nitrogens with one attached hydrogen (secondary N) is 2. The molecule has 0 aliphatic rings. The summed E-state index contributed by atoms with van der Waals surface area (Å²) in [6.45, 7) is 4.60. The van der Waals surface area contributed by atoms with Crippen LogP contribution in [0.4, 0.5) is 23.7 Å². The minimum Gasteiger partial charge on any atom is -0.444 e. The molecule has 0 saturated carbocycles. The van der Waals surface area contributed by atoms with Crippen molar-refractivity contribution in [2.24, 2.45) is 0 Å². The lowest BCUT2D eigenvalue weighted by molar-refractivity contribution is -0.260. The fraction of sp³-hybridized carbons (Fsp3) is 0.381. The van der Waals surface area contributed by atoms with E-state index < -0.39 is 30.0 Å². The molecule has 0 spiro atoms. The average Bonchev–Trinajstić information content (AvgIpc) is 2.62. The second kappa shape index (κ2) is 10.3. The minimum absolute atomic E-state index is 0.161. The number of benzene rings is 2. The summed E-state index contributed by atoms with van der Waals surface area (Å²) in [5.74, 6) is 0. The maximum absolute atomic E-state index is 13.8. The van der Waals surface area contributed by atoms with E-state index in [9.17, 15) is 23.1 Å². The third kappa shape index (κ3) is 7.36. The Kier molecular flexibility index (Phi) is 8.69. The van der Waals surface area contributed by atoms with Crippen molar-refractivity contribution in [1.29, 1.82) is 0 Å². The maximum Gasteiger partial charge on any atom is 0.423 e. The van der Waals surface area contributed by atoms with Gasteiger partial charge in [0.15, 0.2) is 0 Å². The van der Waals surface area contributed by atoms with Crippen LogP contribution in [0.3, 0.4) is 0 Å². The van der Waals surface area contributed by atoms with Crippen LogP contribution >= 0.6 is 47.8 Å². The highest BCUT2D eigenvalue weighted by atomic mass is 79.9. The Balaban J connectivity index is 2.14. The van der Waals surface area contributed by atoms with Gasteiger partial charge in [-0.05, 0) is 62.2 Å². The van der Waals surface area contributed by atoms with Crippen molar-refractivity contribution in [2.75, 3.05) is 11.9 Å². The van der Waals surface area contributed by atoms with Crippen molar-refractivity contribution in [3.05, 3.63) is 60.9 Å². The largest absolute Gasteiger partial charge is 0.444 e. The van der Waals surface area contributed by atoms with Crippen LogP contribution < -0.4 is 10.6 Å². The number of aliphatic hydroxyl groups is 1. The fourth-order valence-corrected chi connectivity index (χ4v) is 4.48. The van der Waals surface area contributed by atoms with Crippen LogP contribution in [0.5, 0.6) is 0 Å². The van der Waals surface area contributed by atoms with Gasteiger partial charge in [-0.3, -0.25) is 0 Å². The summed E-state index contributed by atoms with van der Waals surface area (Å²) in [4.78, 5) is 11.8. The minimum atomic E-state index is -4.92. The van der Waals surface area contributed by atoms with Crippen molar-refractivity contribution in [3.8, 4) is 0 Å². The second-order valence-electron chi connectivity index (χ2n) is 8.03. The normalized spacial score (nSPS) is 13.9. The van der Waals surface area contributed by atoms with E-state index in [-0.39, 0.29) is 12.1 Å². The van der Waals surface area contributed by atoms with Gasteiger partial charge in [0.25, 0.3) is 0 Å². The van der Waals surface area contributed by atoms with Crippen molar-refractivity contribution in [2.45, 2.75) is 44.7 Å². The number of amides is 1. The molecule has 2 aromatic carbocycles. The van der Waals surface area contributed by atoms with E-state index in [1.807, 2.05) is 0 Å². The van der Waals surface area contributed by atoms with Crippen LogP contribution in [0.1, 0.15) is 31.9 Å². The standard InChI is InChI=1S/C21H22Br3F3N2O3/c1-19(2,3)32-18(30)28-10-12-4-5-16(9-17(12)24)29-11-20(31,21(25,26)27)13-6-14(22)8-15(23)7-13/h4-9,29,31H,10-11H2,1-3H3,(H,28,30)/t20-/m1/s1. The van der Waals surface area contributed by atoms with E-state index in [1.54, 1.807) is 45.0 Å². The van der Waals surface area contributed by atoms with Crippen molar-refractivity contribution >= 4 is 59.6 Å². The average molecular weight is 647 g/mol. The summed E-state index contributed by atoms with van der Waals surface area (Å²) >= 11 is 9.66. The Morgan fingerprint density at radius 2 is 1.62 bits per heavy atom. The van der Waals surface area contributed by atoms with Gasteiger partial charge in [-0.2, -0.15) is 13.2 Å². The molecule has 0 saturated heterocycles. The zero-order valence-corrected chi connectivity index (χ0v) is 22.2. The van der Waals surface area contributed by atoms with Gasteiger partial charge in [0, 0.05) is 25.7 Å². The van der Waals surface area contributed by atoms with Crippen LogP contribution in [0.2, 0.25) is 0 Å². The van der Waals surface area contributed by atoms with E-state index in [4.69, 9.17) is 4.74 Å². The first-order chi connectivity index (χ1) is 14.6. The molecule has 32 heavy (non-hydrogen) atoms. The number of alkyl halides is 3. The molecule has 0 unspecified atom stereocenters. The predicted molar refractivity (Wildman–Crippen MR) is 127 cm³/mol. The van der Waals surface area contributed by atoms with Crippen molar-refractivity contribution < 1.29 is 27.8 Å². The van der Waals surface area contributed by atoms with Gasteiger partial charge in [-0.1, -0.05) is 53.9 Å².